The monoisotopic (exact) mass is 278 g/mol. The maximum Gasteiger partial charge on any atom is 0.0386 e. The van der Waals surface area contributed by atoms with E-state index in [1.165, 1.54) is 30.9 Å². The molecule has 0 saturated heterocycles. The van der Waals surface area contributed by atoms with E-state index < -0.39 is 0 Å². The number of aryl methyl sites for hydroxylation is 1. The third-order valence-corrected chi connectivity index (χ3v) is 4.67. The van der Waals surface area contributed by atoms with E-state index in [0.717, 1.165) is 0 Å². The van der Waals surface area contributed by atoms with Crippen molar-refractivity contribution < 1.29 is 0 Å². The van der Waals surface area contributed by atoms with Gasteiger partial charge in [-0.25, -0.2) is 0 Å². The Morgan fingerprint density at radius 3 is 2.80 bits per heavy atom. The van der Waals surface area contributed by atoms with Gasteiger partial charge in [-0.3, -0.25) is 0 Å². The fraction of sp³-hybridized carbons (Fsp3) is 0.231. The molecule has 0 aliphatic heterocycles. The molecule has 1 heterocycles. The summed E-state index contributed by atoms with van der Waals surface area (Å²) in [5.74, 6) is 0.553. The minimum Gasteiger partial charge on any atom is -0.140 e. The van der Waals surface area contributed by atoms with Gasteiger partial charge in [0.25, 0.3) is 0 Å². The Balaban J connectivity index is 2.30. The molecule has 0 saturated carbocycles. The van der Waals surface area contributed by atoms with Crippen molar-refractivity contribution in [2.24, 2.45) is 0 Å². The third-order valence-electron chi connectivity index (χ3n) is 3.08. The van der Waals surface area contributed by atoms with Gasteiger partial charge in [0.05, 0.1) is 0 Å². The molecule has 1 aromatic heterocycles. The highest BCUT2D eigenvalue weighted by Gasteiger charge is 2.27. The predicted molar refractivity (Wildman–Crippen MR) is 69.7 cm³/mol. The van der Waals surface area contributed by atoms with Crippen molar-refractivity contribution in [3.8, 4) is 10.4 Å². The number of hydrogen-bond donors (Lipinski definition) is 0. The first-order valence-electron chi connectivity index (χ1n) is 5.07. The first kappa shape index (κ1) is 9.61. The number of fused-ring (bicyclic) bond motifs is 3. The smallest absolute Gasteiger partial charge is 0.0386 e. The van der Waals surface area contributed by atoms with Crippen molar-refractivity contribution in [1.82, 2.24) is 0 Å². The molecule has 1 aromatic carbocycles. The fourth-order valence-electron chi connectivity index (χ4n) is 2.33. The minimum atomic E-state index is 0.553. The SMILES string of the molecule is Cc1cc2c(s1)-c1ccc(Br)cc1[C@H]2C. The molecule has 3 rings (SSSR count). The van der Waals surface area contributed by atoms with Crippen molar-refractivity contribution in [3.05, 3.63) is 44.7 Å². The van der Waals surface area contributed by atoms with Gasteiger partial charge < -0.3 is 0 Å². The zero-order valence-corrected chi connectivity index (χ0v) is 11.1. The van der Waals surface area contributed by atoms with Gasteiger partial charge in [-0.2, -0.15) is 0 Å². The minimum absolute atomic E-state index is 0.553. The Morgan fingerprint density at radius 2 is 2.00 bits per heavy atom. The van der Waals surface area contributed by atoms with Crippen molar-refractivity contribution in [3.63, 3.8) is 0 Å². The Kier molecular flexibility index (Phi) is 2.05. The molecule has 0 radical (unpaired) electrons. The summed E-state index contributed by atoms with van der Waals surface area (Å²) in [7, 11) is 0. The lowest BCUT2D eigenvalue weighted by atomic mass is 10.00. The Morgan fingerprint density at radius 1 is 1.20 bits per heavy atom. The van der Waals surface area contributed by atoms with Gasteiger partial charge in [-0.05, 0) is 41.8 Å². The van der Waals surface area contributed by atoms with Gasteiger partial charge in [0, 0.05) is 20.1 Å². The second-order valence-corrected chi connectivity index (χ2v) is 6.27. The van der Waals surface area contributed by atoms with E-state index in [9.17, 15) is 0 Å². The van der Waals surface area contributed by atoms with E-state index >= 15 is 0 Å². The van der Waals surface area contributed by atoms with Gasteiger partial charge in [0.2, 0.25) is 0 Å². The van der Waals surface area contributed by atoms with Crippen LogP contribution >= 0.6 is 27.3 Å². The summed E-state index contributed by atoms with van der Waals surface area (Å²) in [6.07, 6.45) is 0. The molecule has 0 nitrogen and oxygen atoms in total. The van der Waals surface area contributed by atoms with E-state index in [1.54, 1.807) is 0 Å². The van der Waals surface area contributed by atoms with E-state index in [2.05, 4.69) is 54.0 Å². The van der Waals surface area contributed by atoms with E-state index in [1.807, 2.05) is 11.3 Å². The Hall–Kier alpha value is -0.600. The molecular formula is C13H11BrS. The maximum absolute atomic E-state index is 3.54. The number of rotatable bonds is 0. The Bertz CT molecular complexity index is 539. The summed E-state index contributed by atoms with van der Waals surface area (Å²) in [6, 6.07) is 8.95. The summed E-state index contributed by atoms with van der Waals surface area (Å²) >= 11 is 5.46. The number of halogens is 1. The Labute approximate surface area is 102 Å². The van der Waals surface area contributed by atoms with E-state index in [4.69, 9.17) is 0 Å². The van der Waals surface area contributed by atoms with Gasteiger partial charge in [-0.1, -0.05) is 28.9 Å². The van der Waals surface area contributed by atoms with Crippen LogP contribution in [0, 0.1) is 6.92 Å². The first-order valence-corrected chi connectivity index (χ1v) is 6.68. The lowest BCUT2D eigenvalue weighted by molar-refractivity contribution is 0.957. The van der Waals surface area contributed by atoms with Crippen molar-refractivity contribution in [1.29, 1.82) is 0 Å². The molecule has 1 aliphatic rings. The molecule has 0 N–H and O–H groups in total. The molecule has 1 atom stereocenters. The van der Waals surface area contributed by atoms with Crippen molar-refractivity contribution >= 4 is 27.3 Å². The van der Waals surface area contributed by atoms with Crippen LogP contribution in [0.3, 0.4) is 0 Å². The van der Waals surface area contributed by atoms with Crippen LogP contribution in [-0.2, 0) is 0 Å². The molecule has 2 aromatic rings. The van der Waals surface area contributed by atoms with Crippen LogP contribution in [0.15, 0.2) is 28.7 Å². The zero-order chi connectivity index (χ0) is 10.6. The highest BCUT2D eigenvalue weighted by atomic mass is 79.9. The van der Waals surface area contributed by atoms with E-state index in [-0.39, 0.29) is 0 Å². The van der Waals surface area contributed by atoms with Crippen molar-refractivity contribution in [2.75, 3.05) is 0 Å². The molecular weight excluding hydrogens is 268 g/mol. The largest absolute Gasteiger partial charge is 0.140 e. The van der Waals surface area contributed by atoms with Crippen LogP contribution in [0.2, 0.25) is 0 Å². The summed E-state index contributed by atoms with van der Waals surface area (Å²) in [6.45, 7) is 4.48. The summed E-state index contributed by atoms with van der Waals surface area (Å²) in [5.41, 5.74) is 4.40. The number of hydrogen-bond acceptors (Lipinski definition) is 1. The topological polar surface area (TPSA) is 0 Å². The van der Waals surface area contributed by atoms with Gasteiger partial charge in [0.1, 0.15) is 0 Å². The fourth-order valence-corrected chi connectivity index (χ4v) is 3.87. The molecule has 2 heteroatoms. The highest BCUT2D eigenvalue weighted by molar-refractivity contribution is 9.10. The zero-order valence-electron chi connectivity index (χ0n) is 8.67. The van der Waals surface area contributed by atoms with Crippen LogP contribution in [0.4, 0.5) is 0 Å². The average Bonchev–Trinajstić information content (AvgIpc) is 2.67. The van der Waals surface area contributed by atoms with Crippen molar-refractivity contribution in [2.45, 2.75) is 19.8 Å². The number of thiophene rings is 1. The third kappa shape index (κ3) is 1.31. The molecule has 0 bridgehead atoms. The van der Waals surface area contributed by atoms with Crippen LogP contribution in [0.5, 0.6) is 0 Å². The standard InChI is InChI=1S/C13H11BrS/c1-7-5-12-8(2)11-6-9(14)3-4-10(11)13(12)15-7/h3-6,8H,1-2H3/t8-/m1/s1. The maximum atomic E-state index is 3.54. The molecule has 0 spiro atoms. The van der Waals surface area contributed by atoms with Gasteiger partial charge in [-0.15, -0.1) is 11.3 Å². The molecule has 0 fully saturated rings. The van der Waals surface area contributed by atoms with E-state index in [0.29, 0.717) is 5.92 Å². The lowest BCUT2D eigenvalue weighted by Gasteiger charge is -2.05. The van der Waals surface area contributed by atoms with Crippen LogP contribution in [0.25, 0.3) is 10.4 Å². The predicted octanol–water partition coefficient (Wildman–Crippen LogP) is 4.95. The first-order chi connectivity index (χ1) is 7.16. The summed E-state index contributed by atoms with van der Waals surface area (Å²) in [4.78, 5) is 2.89. The highest BCUT2D eigenvalue weighted by Crippen LogP contribution is 2.49. The summed E-state index contributed by atoms with van der Waals surface area (Å²) < 4.78 is 1.18. The average molecular weight is 279 g/mol. The van der Waals surface area contributed by atoms with Crippen LogP contribution in [0.1, 0.15) is 28.8 Å². The van der Waals surface area contributed by atoms with Gasteiger partial charge in [0.15, 0.2) is 0 Å². The van der Waals surface area contributed by atoms with Gasteiger partial charge >= 0.3 is 0 Å². The quantitative estimate of drug-likeness (QED) is 0.640. The summed E-state index contributed by atoms with van der Waals surface area (Å²) in [5, 5.41) is 0. The molecule has 76 valence electrons. The molecule has 1 aliphatic carbocycles. The normalized spacial score (nSPS) is 17.7. The second kappa shape index (κ2) is 3.19. The molecule has 0 amide bonds. The molecule has 15 heavy (non-hydrogen) atoms. The van der Waals surface area contributed by atoms with Crippen LogP contribution in [-0.4, -0.2) is 0 Å². The number of benzene rings is 1. The van der Waals surface area contributed by atoms with Crippen LogP contribution < -0.4 is 0 Å². The lowest BCUT2D eigenvalue weighted by Crippen LogP contribution is -1.88. The molecule has 0 unspecified atom stereocenters. The second-order valence-electron chi connectivity index (χ2n) is 4.09.